The Morgan fingerprint density at radius 2 is 1.69 bits per heavy atom. The number of ether oxygens (including phenoxy) is 1. The third-order valence-electron chi connectivity index (χ3n) is 3.93. The predicted octanol–water partition coefficient (Wildman–Crippen LogP) is 3.99. The number of benzene rings is 3. The number of carbonyl (C=O) groups excluding carboxylic acids is 1. The van der Waals surface area contributed by atoms with E-state index in [1.807, 2.05) is 30.3 Å². The van der Waals surface area contributed by atoms with Crippen LogP contribution in [0.4, 0.5) is 5.69 Å². The van der Waals surface area contributed by atoms with E-state index in [0.717, 1.165) is 16.0 Å². The maximum Gasteiger partial charge on any atom is 0.256 e. The fourth-order valence-corrected chi connectivity index (χ4v) is 2.59. The SMILES string of the molecule is C=c1ccc(NC(=O)c2ccccc2COc2ccc(Cl)cc2)cc1=C. The van der Waals surface area contributed by atoms with Crippen molar-refractivity contribution in [3.05, 3.63) is 93.3 Å². The van der Waals surface area contributed by atoms with Crippen molar-refractivity contribution in [2.45, 2.75) is 6.61 Å². The van der Waals surface area contributed by atoms with E-state index < -0.39 is 0 Å². The zero-order valence-electron chi connectivity index (χ0n) is 14.2. The molecule has 0 atom stereocenters. The van der Waals surface area contributed by atoms with E-state index in [1.54, 1.807) is 36.4 Å². The first-order valence-electron chi connectivity index (χ1n) is 8.08. The van der Waals surface area contributed by atoms with Crippen LogP contribution in [0.25, 0.3) is 13.2 Å². The van der Waals surface area contributed by atoms with Crippen LogP contribution >= 0.6 is 11.6 Å². The summed E-state index contributed by atoms with van der Waals surface area (Å²) in [4.78, 5) is 12.7. The highest BCUT2D eigenvalue weighted by atomic mass is 35.5. The normalized spacial score (nSPS) is 10.3. The van der Waals surface area contributed by atoms with Gasteiger partial charge in [0.05, 0.1) is 0 Å². The maximum atomic E-state index is 12.7. The van der Waals surface area contributed by atoms with Gasteiger partial charge in [0, 0.05) is 21.8 Å². The molecule has 0 aromatic heterocycles. The van der Waals surface area contributed by atoms with Crippen molar-refractivity contribution in [3.8, 4) is 5.75 Å². The summed E-state index contributed by atoms with van der Waals surface area (Å²) < 4.78 is 5.77. The predicted molar refractivity (Wildman–Crippen MR) is 107 cm³/mol. The van der Waals surface area contributed by atoms with Gasteiger partial charge in [0.2, 0.25) is 0 Å². The summed E-state index contributed by atoms with van der Waals surface area (Å²) in [5.74, 6) is 0.494. The second kappa shape index (κ2) is 7.89. The molecule has 1 amide bonds. The van der Waals surface area contributed by atoms with Crippen LogP contribution in [0.2, 0.25) is 5.02 Å². The molecule has 0 fully saturated rings. The minimum absolute atomic E-state index is 0.198. The third kappa shape index (κ3) is 4.32. The van der Waals surface area contributed by atoms with Gasteiger partial charge in [-0.05, 0) is 52.9 Å². The lowest BCUT2D eigenvalue weighted by atomic mass is 10.1. The molecule has 130 valence electrons. The second-order valence-corrected chi connectivity index (χ2v) is 6.27. The molecule has 3 nitrogen and oxygen atoms in total. The second-order valence-electron chi connectivity index (χ2n) is 5.84. The van der Waals surface area contributed by atoms with Crippen molar-refractivity contribution in [2.24, 2.45) is 0 Å². The topological polar surface area (TPSA) is 38.3 Å². The van der Waals surface area contributed by atoms with Crippen molar-refractivity contribution in [1.29, 1.82) is 0 Å². The Morgan fingerprint density at radius 3 is 2.42 bits per heavy atom. The average molecular weight is 364 g/mol. The molecule has 3 aromatic rings. The third-order valence-corrected chi connectivity index (χ3v) is 4.19. The van der Waals surface area contributed by atoms with Gasteiger partial charge in [0.25, 0.3) is 5.91 Å². The van der Waals surface area contributed by atoms with Gasteiger partial charge < -0.3 is 10.1 Å². The van der Waals surface area contributed by atoms with Gasteiger partial charge >= 0.3 is 0 Å². The number of amides is 1. The number of halogens is 1. The van der Waals surface area contributed by atoms with Crippen LogP contribution in [0.1, 0.15) is 15.9 Å². The van der Waals surface area contributed by atoms with E-state index in [9.17, 15) is 4.79 Å². The van der Waals surface area contributed by atoms with Crippen LogP contribution in [0.3, 0.4) is 0 Å². The molecule has 3 rings (SSSR count). The minimum atomic E-state index is -0.198. The van der Waals surface area contributed by atoms with Crippen LogP contribution in [-0.2, 0) is 6.61 Å². The maximum absolute atomic E-state index is 12.7. The highest BCUT2D eigenvalue weighted by Crippen LogP contribution is 2.18. The van der Waals surface area contributed by atoms with Crippen molar-refractivity contribution >= 4 is 36.4 Å². The fraction of sp³-hybridized carbons (Fsp3) is 0.0455. The van der Waals surface area contributed by atoms with E-state index in [4.69, 9.17) is 16.3 Å². The van der Waals surface area contributed by atoms with Gasteiger partial charge in [-0.3, -0.25) is 4.79 Å². The van der Waals surface area contributed by atoms with E-state index >= 15 is 0 Å². The first-order valence-corrected chi connectivity index (χ1v) is 8.46. The lowest BCUT2D eigenvalue weighted by Crippen LogP contribution is -2.23. The summed E-state index contributed by atoms with van der Waals surface area (Å²) in [6.07, 6.45) is 0. The zero-order valence-corrected chi connectivity index (χ0v) is 14.9. The molecule has 0 radical (unpaired) electrons. The van der Waals surface area contributed by atoms with Gasteiger partial charge in [0.15, 0.2) is 0 Å². The van der Waals surface area contributed by atoms with Gasteiger partial charge in [-0.2, -0.15) is 0 Å². The van der Waals surface area contributed by atoms with Gasteiger partial charge in [-0.1, -0.05) is 49.0 Å². The Hall–Kier alpha value is -3.04. The van der Waals surface area contributed by atoms with Crippen molar-refractivity contribution < 1.29 is 9.53 Å². The Balaban J connectivity index is 1.76. The smallest absolute Gasteiger partial charge is 0.256 e. The molecule has 0 saturated heterocycles. The molecule has 1 N–H and O–H groups in total. The summed E-state index contributed by atoms with van der Waals surface area (Å²) in [5, 5.41) is 5.15. The van der Waals surface area contributed by atoms with E-state index in [1.165, 1.54) is 0 Å². The van der Waals surface area contributed by atoms with Crippen molar-refractivity contribution in [1.82, 2.24) is 0 Å². The van der Waals surface area contributed by atoms with E-state index in [2.05, 4.69) is 18.5 Å². The number of rotatable bonds is 5. The molecule has 0 aliphatic carbocycles. The first-order chi connectivity index (χ1) is 12.5. The molecule has 0 spiro atoms. The highest BCUT2D eigenvalue weighted by molar-refractivity contribution is 6.30. The molecule has 0 aliphatic heterocycles. The first kappa shape index (κ1) is 17.8. The number of carbonyl (C=O) groups is 1. The minimum Gasteiger partial charge on any atom is -0.489 e. The van der Waals surface area contributed by atoms with E-state index in [-0.39, 0.29) is 12.5 Å². The summed E-state index contributed by atoms with van der Waals surface area (Å²) in [5.41, 5.74) is 2.04. The summed E-state index contributed by atoms with van der Waals surface area (Å²) in [6.45, 7) is 8.06. The quantitative estimate of drug-likeness (QED) is 0.744. The van der Waals surface area contributed by atoms with Crippen molar-refractivity contribution in [2.75, 3.05) is 5.32 Å². The molecule has 0 saturated carbocycles. The zero-order chi connectivity index (χ0) is 18.5. The number of hydrogen-bond donors (Lipinski definition) is 1. The average Bonchev–Trinajstić information content (AvgIpc) is 2.64. The lowest BCUT2D eigenvalue weighted by molar-refractivity contribution is 0.102. The van der Waals surface area contributed by atoms with Crippen LogP contribution in [0.5, 0.6) is 5.75 Å². The Bertz CT molecular complexity index is 1030. The summed E-state index contributed by atoms with van der Waals surface area (Å²) >= 11 is 5.88. The fourth-order valence-electron chi connectivity index (χ4n) is 2.46. The van der Waals surface area contributed by atoms with Crippen molar-refractivity contribution in [3.63, 3.8) is 0 Å². The van der Waals surface area contributed by atoms with Crippen LogP contribution < -0.4 is 20.5 Å². The molecule has 0 bridgehead atoms. The molecule has 0 unspecified atom stereocenters. The van der Waals surface area contributed by atoms with E-state index in [0.29, 0.717) is 22.0 Å². The van der Waals surface area contributed by atoms with Crippen LogP contribution in [0.15, 0.2) is 66.7 Å². The standard InChI is InChI=1S/C22H18ClNO2/c1-15-7-10-19(13-16(15)2)24-22(25)21-6-4-3-5-17(21)14-26-20-11-8-18(23)9-12-20/h3-13H,1-2,14H2,(H,24,25). The molecule has 26 heavy (non-hydrogen) atoms. The number of anilines is 1. The largest absolute Gasteiger partial charge is 0.489 e. The summed E-state index contributed by atoms with van der Waals surface area (Å²) in [6, 6.07) is 19.9. The summed E-state index contributed by atoms with van der Waals surface area (Å²) in [7, 11) is 0. The van der Waals surface area contributed by atoms with Gasteiger partial charge in [-0.25, -0.2) is 0 Å². The number of nitrogens with one attached hydrogen (secondary N) is 1. The highest BCUT2D eigenvalue weighted by Gasteiger charge is 2.12. The molecule has 3 aromatic carbocycles. The Labute approximate surface area is 157 Å². The molecule has 4 heteroatoms. The molecule has 0 heterocycles. The molecular formula is C22H18ClNO2. The van der Waals surface area contributed by atoms with Crippen LogP contribution in [0, 0.1) is 0 Å². The van der Waals surface area contributed by atoms with Gasteiger partial charge in [0.1, 0.15) is 12.4 Å². The molecular weight excluding hydrogens is 346 g/mol. The van der Waals surface area contributed by atoms with Gasteiger partial charge in [-0.15, -0.1) is 0 Å². The lowest BCUT2D eigenvalue weighted by Gasteiger charge is -2.12. The Kier molecular flexibility index (Phi) is 5.40. The number of hydrogen-bond acceptors (Lipinski definition) is 2. The van der Waals surface area contributed by atoms with Crippen LogP contribution in [-0.4, -0.2) is 5.91 Å². The molecule has 0 aliphatic rings. The monoisotopic (exact) mass is 363 g/mol. The Morgan fingerprint density at radius 1 is 0.962 bits per heavy atom.